The van der Waals surface area contributed by atoms with Crippen LogP contribution >= 0.6 is 0 Å². The molecular formula is C11H17BO. The van der Waals surface area contributed by atoms with Crippen molar-refractivity contribution in [1.82, 2.24) is 0 Å². The summed E-state index contributed by atoms with van der Waals surface area (Å²) >= 11 is 0. The van der Waals surface area contributed by atoms with Gasteiger partial charge < -0.3 is 5.02 Å². The smallest absolute Gasteiger partial charge is 0.305 e. The number of aryl methyl sites for hydroxylation is 1. The van der Waals surface area contributed by atoms with Crippen LogP contribution in [0.4, 0.5) is 0 Å². The summed E-state index contributed by atoms with van der Waals surface area (Å²) in [5.74, 6) is 0. The molecule has 13 heavy (non-hydrogen) atoms. The van der Waals surface area contributed by atoms with Gasteiger partial charge in [0.1, 0.15) is 0 Å². The molecular weight excluding hydrogens is 159 g/mol. The van der Waals surface area contributed by atoms with E-state index in [2.05, 4.69) is 13.0 Å². The fourth-order valence-corrected chi connectivity index (χ4v) is 1.52. The SMILES string of the molecule is CCCCCc1ccccc1BO. The highest BCUT2D eigenvalue weighted by molar-refractivity contribution is 6.46. The zero-order valence-electron chi connectivity index (χ0n) is 8.29. The van der Waals surface area contributed by atoms with Crippen LogP contribution in [0.1, 0.15) is 31.7 Å². The van der Waals surface area contributed by atoms with Crippen LogP contribution < -0.4 is 5.46 Å². The number of unbranched alkanes of at least 4 members (excludes halogenated alkanes) is 2. The summed E-state index contributed by atoms with van der Waals surface area (Å²) in [6, 6.07) is 8.14. The molecule has 70 valence electrons. The first-order valence-corrected chi connectivity index (χ1v) is 5.06. The molecule has 0 bridgehead atoms. The van der Waals surface area contributed by atoms with Crippen molar-refractivity contribution in [1.29, 1.82) is 0 Å². The lowest BCUT2D eigenvalue weighted by Crippen LogP contribution is -2.18. The maximum Gasteiger partial charge on any atom is 0.305 e. The zero-order chi connectivity index (χ0) is 9.52. The van der Waals surface area contributed by atoms with Crippen molar-refractivity contribution in [3.05, 3.63) is 29.8 Å². The third kappa shape index (κ3) is 3.23. The molecule has 0 heterocycles. The van der Waals surface area contributed by atoms with Gasteiger partial charge in [0, 0.05) is 0 Å². The van der Waals surface area contributed by atoms with Crippen molar-refractivity contribution in [2.45, 2.75) is 32.6 Å². The summed E-state index contributed by atoms with van der Waals surface area (Å²) in [4.78, 5) is 0. The van der Waals surface area contributed by atoms with Gasteiger partial charge in [-0.15, -0.1) is 0 Å². The molecule has 2 heteroatoms. The predicted molar refractivity (Wildman–Crippen MR) is 58.7 cm³/mol. The van der Waals surface area contributed by atoms with Gasteiger partial charge in [0.15, 0.2) is 0 Å². The Hall–Kier alpha value is -0.755. The van der Waals surface area contributed by atoms with Crippen molar-refractivity contribution >= 4 is 12.9 Å². The minimum absolute atomic E-state index is 0.169. The van der Waals surface area contributed by atoms with E-state index < -0.39 is 0 Å². The molecule has 0 aliphatic carbocycles. The highest BCUT2D eigenvalue weighted by Crippen LogP contribution is 2.03. The van der Waals surface area contributed by atoms with Crippen molar-refractivity contribution in [3.8, 4) is 0 Å². The second kappa shape index (κ2) is 5.82. The fraction of sp³-hybridized carbons (Fsp3) is 0.455. The lowest BCUT2D eigenvalue weighted by molar-refractivity contribution is 0.614. The maximum absolute atomic E-state index is 9.07. The molecule has 0 spiro atoms. The summed E-state index contributed by atoms with van der Waals surface area (Å²) < 4.78 is 0. The van der Waals surface area contributed by atoms with Gasteiger partial charge in [-0.2, -0.15) is 0 Å². The molecule has 0 fully saturated rings. The third-order valence-corrected chi connectivity index (χ3v) is 2.34. The van der Waals surface area contributed by atoms with Gasteiger partial charge >= 0.3 is 7.48 Å². The molecule has 0 atom stereocenters. The average Bonchev–Trinajstić information content (AvgIpc) is 2.19. The highest BCUT2D eigenvalue weighted by atomic mass is 16.2. The van der Waals surface area contributed by atoms with E-state index in [0.29, 0.717) is 0 Å². The minimum atomic E-state index is 0.169. The Morgan fingerprint density at radius 3 is 2.69 bits per heavy atom. The molecule has 1 N–H and O–H groups in total. The van der Waals surface area contributed by atoms with Crippen LogP contribution in [0.25, 0.3) is 0 Å². The maximum atomic E-state index is 9.07. The topological polar surface area (TPSA) is 20.2 Å². The van der Waals surface area contributed by atoms with Gasteiger partial charge in [0.25, 0.3) is 0 Å². The fourth-order valence-electron chi connectivity index (χ4n) is 1.52. The van der Waals surface area contributed by atoms with E-state index >= 15 is 0 Å². The monoisotopic (exact) mass is 176 g/mol. The number of hydrogen-bond donors (Lipinski definition) is 1. The average molecular weight is 176 g/mol. The quantitative estimate of drug-likeness (QED) is 0.530. The molecule has 1 aromatic rings. The second-order valence-corrected chi connectivity index (χ2v) is 3.38. The molecule has 0 saturated carbocycles. The molecule has 0 radical (unpaired) electrons. The lowest BCUT2D eigenvalue weighted by Gasteiger charge is -2.05. The van der Waals surface area contributed by atoms with Crippen LogP contribution in [0.2, 0.25) is 0 Å². The molecule has 1 nitrogen and oxygen atoms in total. The number of rotatable bonds is 5. The first kappa shape index (κ1) is 10.3. The largest absolute Gasteiger partial charge is 0.449 e. The van der Waals surface area contributed by atoms with Crippen LogP contribution in [0.3, 0.4) is 0 Å². The second-order valence-electron chi connectivity index (χ2n) is 3.38. The van der Waals surface area contributed by atoms with Gasteiger partial charge in [0.05, 0.1) is 0 Å². The van der Waals surface area contributed by atoms with Crippen LogP contribution in [-0.4, -0.2) is 12.5 Å². The molecule has 0 amide bonds. The Balaban J connectivity index is 2.54. The molecule has 0 aliphatic rings. The van der Waals surface area contributed by atoms with Crippen LogP contribution in [0.5, 0.6) is 0 Å². The van der Waals surface area contributed by atoms with E-state index in [1.807, 2.05) is 18.2 Å². The zero-order valence-corrected chi connectivity index (χ0v) is 8.29. The van der Waals surface area contributed by atoms with E-state index in [0.717, 1.165) is 11.9 Å². The van der Waals surface area contributed by atoms with Crippen molar-refractivity contribution < 1.29 is 5.02 Å². The summed E-state index contributed by atoms with van der Waals surface area (Å²) in [6.07, 6.45) is 4.86. The molecule has 0 aromatic heterocycles. The molecule has 0 saturated heterocycles. The molecule has 0 aliphatic heterocycles. The Labute approximate surface area is 81.1 Å². The lowest BCUT2D eigenvalue weighted by atomic mass is 9.83. The van der Waals surface area contributed by atoms with Crippen LogP contribution in [0, 0.1) is 0 Å². The van der Waals surface area contributed by atoms with Crippen molar-refractivity contribution in [3.63, 3.8) is 0 Å². The van der Waals surface area contributed by atoms with E-state index in [4.69, 9.17) is 5.02 Å². The van der Waals surface area contributed by atoms with Gasteiger partial charge in [-0.25, -0.2) is 0 Å². The van der Waals surface area contributed by atoms with Crippen molar-refractivity contribution in [2.24, 2.45) is 0 Å². The van der Waals surface area contributed by atoms with Crippen LogP contribution in [-0.2, 0) is 6.42 Å². The molecule has 0 unspecified atom stereocenters. The third-order valence-electron chi connectivity index (χ3n) is 2.34. The summed E-state index contributed by atoms with van der Waals surface area (Å²) in [5, 5.41) is 9.07. The summed E-state index contributed by atoms with van der Waals surface area (Å²) in [7, 11) is 0.169. The summed E-state index contributed by atoms with van der Waals surface area (Å²) in [6.45, 7) is 2.21. The first-order chi connectivity index (χ1) is 6.38. The number of benzene rings is 1. The standard InChI is InChI=1S/C11H17BO/c1-2-3-4-7-10-8-5-6-9-11(10)12-13/h5-6,8-9,12-13H,2-4,7H2,1H3. The normalized spacial score (nSPS) is 10.0. The Morgan fingerprint density at radius 2 is 2.00 bits per heavy atom. The van der Waals surface area contributed by atoms with E-state index in [1.54, 1.807) is 0 Å². The minimum Gasteiger partial charge on any atom is -0.449 e. The Morgan fingerprint density at radius 1 is 1.23 bits per heavy atom. The van der Waals surface area contributed by atoms with E-state index in [1.165, 1.54) is 24.8 Å². The Bertz CT molecular complexity index is 248. The highest BCUT2D eigenvalue weighted by Gasteiger charge is 2.00. The number of hydrogen-bond acceptors (Lipinski definition) is 1. The van der Waals surface area contributed by atoms with Crippen molar-refractivity contribution in [2.75, 3.05) is 0 Å². The Kier molecular flexibility index (Phi) is 4.62. The predicted octanol–water partition coefficient (Wildman–Crippen LogP) is 1.39. The summed E-state index contributed by atoms with van der Waals surface area (Å²) in [5.41, 5.74) is 2.39. The van der Waals surface area contributed by atoms with E-state index in [-0.39, 0.29) is 7.48 Å². The van der Waals surface area contributed by atoms with E-state index in [9.17, 15) is 0 Å². The van der Waals surface area contributed by atoms with Gasteiger partial charge in [-0.3, -0.25) is 0 Å². The van der Waals surface area contributed by atoms with Crippen LogP contribution in [0.15, 0.2) is 24.3 Å². The van der Waals surface area contributed by atoms with Gasteiger partial charge in [0.2, 0.25) is 0 Å². The molecule has 1 rings (SSSR count). The first-order valence-electron chi connectivity index (χ1n) is 5.06. The van der Waals surface area contributed by atoms with Gasteiger partial charge in [-0.05, 0) is 18.3 Å². The van der Waals surface area contributed by atoms with Gasteiger partial charge in [-0.1, -0.05) is 49.6 Å². The molecule has 1 aromatic carbocycles.